The maximum Gasteiger partial charge on any atom is 0.396 e. The second-order valence-electron chi connectivity index (χ2n) is 5.42. The van der Waals surface area contributed by atoms with Crippen LogP contribution in [0.5, 0.6) is 5.75 Å². The summed E-state index contributed by atoms with van der Waals surface area (Å²) in [5, 5.41) is 2.22. The van der Waals surface area contributed by atoms with E-state index in [1.54, 1.807) is 31.2 Å². The highest BCUT2D eigenvalue weighted by Gasteiger charge is 2.20. The van der Waals surface area contributed by atoms with Crippen LogP contribution >= 0.6 is 0 Å². The van der Waals surface area contributed by atoms with Gasteiger partial charge < -0.3 is 14.8 Å². The fourth-order valence-electron chi connectivity index (χ4n) is 1.87. The molecule has 0 saturated carbocycles. The van der Waals surface area contributed by atoms with Crippen LogP contribution in [0.15, 0.2) is 24.3 Å². The Balaban J connectivity index is 2.62. The van der Waals surface area contributed by atoms with Crippen LogP contribution in [0.3, 0.4) is 0 Å². The lowest BCUT2D eigenvalue weighted by Crippen LogP contribution is -2.38. The van der Waals surface area contributed by atoms with Crippen molar-refractivity contribution in [1.29, 1.82) is 0 Å². The molecule has 0 unspecified atom stereocenters. The molecule has 0 saturated heterocycles. The van der Waals surface area contributed by atoms with Gasteiger partial charge in [0.25, 0.3) is 0 Å². The number of benzene rings is 1. The summed E-state index contributed by atoms with van der Waals surface area (Å²) in [6, 6.07) is 6.63. The molecule has 9 heteroatoms. The summed E-state index contributed by atoms with van der Waals surface area (Å²) in [6.07, 6.45) is 0.0234. The quantitative estimate of drug-likeness (QED) is 0.538. The molecular weight excluding hydrogens is 348 g/mol. The van der Waals surface area contributed by atoms with E-state index in [2.05, 4.69) is 10.1 Å². The van der Waals surface area contributed by atoms with Crippen LogP contribution in [-0.4, -0.2) is 52.4 Å². The predicted octanol–water partition coefficient (Wildman–Crippen LogP) is 0.919. The maximum absolute atomic E-state index is 12.3. The van der Waals surface area contributed by atoms with E-state index in [1.807, 2.05) is 13.8 Å². The lowest BCUT2D eigenvalue weighted by atomic mass is 10.3. The van der Waals surface area contributed by atoms with Crippen LogP contribution in [0.4, 0.5) is 5.69 Å². The van der Waals surface area contributed by atoms with Gasteiger partial charge in [0, 0.05) is 13.6 Å². The van der Waals surface area contributed by atoms with Crippen LogP contribution in [0.2, 0.25) is 0 Å². The van der Waals surface area contributed by atoms with E-state index in [4.69, 9.17) is 4.74 Å². The van der Waals surface area contributed by atoms with Crippen molar-refractivity contribution in [3.63, 3.8) is 0 Å². The molecule has 25 heavy (non-hydrogen) atoms. The number of ether oxygens (including phenoxy) is 2. The third-order valence-corrected chi connectivity index (χ3v) is 4.86. The van der Waals surface area contributed by atoms with Crippen molar-refractivity contribution in [1.82, 2.24) is 5.32 Å². The van der Waals surface area contributed by atoms with E-state index in [9.17, 15) is 18.0 Å². The number of esters is 1. The molecule has 0 fully saturated rings. The van der Waals surface area contributed by atoms with Crippen molar-refractivity contribution in [2.24, 2.45) is 0 Å². The number of amides is 1. The van der Waals surface area contributed by atoms with Crippen LogP contribution in [0.1, 0.15) is 20.8 Å². The molecule has 0 aliphatic rings. The average molecular weight is 372 g/mol. The van der Waals surface area contributed by atoms with E-state index >= 15 is 0 Å². The molecule has 0 aliphatic heterocycles. The smallest absolute Gasteiger partial charge is 0.396 e. The summed E-state index contributed by atoms with van der Waals surface area (Å²) < 4.78 is 35.7. The molecule has 0 heterocycles. The number of rotatable bonds is 8. The first kappa shape index (κ1) is 20.8. The molecule has 0 spiro atoms. The Morgan fingerprint density at radius 1 is 1.20 bits per heavy atom. The molecule has 0 aliphatic carbocycles. The number of anilines is 1. The summed E-state index contributed by atoms with van der Waals surface area (Å²) in [4.78, 5) is 22.5. The van der Waals surface area contributed by atoms with Crippen molar-refractivity contribution in [2.45, 2.75) is 26.9 Å². The van der Waals surface area contributed by atoms with Crippen molar-refractivity contribution >= 4 is 27.6 Å². The third kappa shape index (κ3) is 6.61. The minimum absolute atomic E-state index is 0.0234. The van der Waals surface area contributed by atoms with Gasteiger partial charge in [-0.15, -0.1) is 0 Å². The summed E-state index contributed by atoms with van der Waals surface area (Å²) in [7, 11) is -2.24. The van der Waals surface area contributed by atoms with Crippen LogP contribution < -0.4 is 14.4 Å². The van der Waals surface area contributed by atoms with Gasteiger partial charge in [0.15, 0.2) is 0 Å². The Morgan fingerprint density at radius 3 is 2.32 bits per heavy atom. The molecule has 1 aromatic carbocycles. The molecule has 140 valence electrons. The van der Waals surface area contributed by atoms with Gasteiger partial charge >= 0.3 is 11.9 Å². The minimum Gasteiger partial charge on any atom is -0.491 e. The highest BCUT2D eigenvalue weighted by Crippen LogP contribution is 2.21. The number of carbonyl (C=O) groups excluding carboxylic acids is 2. The SMILES string of the molecule is CCOC(=O)C(=O)NCCS(=O)(=O)N(C)c1ccc(OC(C)C)cc1. The minimum atomic E-state index is -3.66. The van der Waals surface area contributed by atoms with Gasteiger partial charge in [-0.05, 0) is 45.0 Å². The zero-order valence-corrected chi connectivity index (χ0v) is 15.6. The Kier molecular flexibility index (Phi) is 7.69. The van der Waals surface area contributed by atoms with Gasteiger partial charge in [-0.3, -0.25) is 9.10 Å². The molecule has 1 N–H and O–H groups in total. The summed E-state index contributed by atoms with van der Waals surface area (Å²) in [6.45, 7) is 5.24. The molecule has 0 radical (unpaired) electrons. The average Bonchev–Trinajstić information content (AvgIpc) is 2.54. The second kappa shape index (κ2) is 9.26. The van der Waals surface area contributed by atoms with E-state index in [0.29, 0.717) is 11.4 Å². The van der Waals surface area contributed by atoms with Crippen LogP contribution in [0.25, 0.3) is 0 Å². The highest BCUT2D eigenvalue weighted by molar-refractivity contribution is 7.92. The first-order valence-corrected chi connectivity index (χ1v) is 9.46. The first-order valence-electron chi connectivity index (χ1n) is 7.85. The Hall–Kier alpha value is -2.29. The van der Waals surface area contributed by atoms with E-state index in [-0.39, 0.29) is 25.0 Å². The zero-order chi connectivity index (χ0) is 19.0. The summed E-state index contributed by atoms with van der Waals surface area (Å²) in [5.41, 5.74) is 0.466. The molecule has 1 aromatic rings. The monoisotopic (exact) mass is 372 g/mol. The number of sulfonamides is 1. The van der Waals surface area contributed by atoms with Gasteiger partial charge in [-0.25, -0.2) is 13.2 Å². The lowest BCUT2D eigenvalue weighted by Gasteiger charge is -2.20. The number of hydrogen-bond acceptors (Lipinski definition) is 6. The number of carbonyl (C=O) groups is 2. The Labute approximate surface area is 148 Å². The van der Waals surface area contributed by atoms with E-state index < -0.39 is 21.9 Å². The summed E-state index contributed by atoms with van der Waals surface area (Å²) in [5.74, 6) is -1.70. The largest absolute Gasteiger partial charge is 0.491 e. The summed E-state index contributed by atoms with van der Waals surface area (Å²) >= 11 is 0. The normalized spacial score (nSPS) is 11.1. The van der Waals surface area contributed by atoms with Crippen molar-refractivity contribution in [3.05, 3.63) is 24.3 Å². The van der Waals surface area contributed by atoms with E-state index in [0.717, 1.165) is 4.31 Å². The van der Waals surface area contributed by atoms with Gasteiger partial charge in [0.2, 0.25) is 10.0 Å². The van der Waals surface area contributed by atoms with Crippen LogP contribution in [0, 0.1) is 0 Å². The standard InChI is InChI=1S/C16H24N2O6S/c1-5-23-16(20)15(19)17-10-11-25(21,22)18(4)13-6-8-14(9-7-13)24-12(2)3/h6-9,12H,5,10-11H2,1-4H3,(H,17,19). The molecule has 1 rings (SSSR count). The molecule has 8 nitrogen and oxygen atoms in total. The predicted molar refractivity (Wildman–Crippen MR) is 94.0 cm³/mol. The molecular formula is C16H24N2O6S. The van der Waals surface area contributed by atoms with Gasteiger partial charge in [-0.2, -0.15) is 0 Å². The number of nitrogens with zero attached hydrogens (tertiary/aromatic N) is 1. The molecule has 0 bridgehead atoms. The topological polar surface area (TPSA) is 102 Å². The van der Waals surface area contributed by atoms with Gasteiger partial charge in [0.05, 0.1) is 24.2 Å². The fraction of sp³-hybridized carbons (Fsp3) is 0.500. The fourth-order valence-corrected chi connectivity index (χ4v) is 2.94. The van der Waals surface area contributed by atoms with Gasteiger partial charge in [-0.1, -0.05) is 0 Å². The second-order valence-corrected chi connectivity index (χ2v) is 7.54. The molecule has 0 atom stereocenters. The lowest BCUT2D eigenvalue weighted by molar-refractivity contribution is -0.154. The molecule has 0 aromatic heterocycles. The van der Waals surface area contributed by atoms with Crippen molar-refractivity contribution in [3.8, 4) is 5.75 Å². The van der Waals surface area contributed by atoms with Crippen molar-refractivity contribution < 1.29 is 27.5 Å². The Bertz CT molecular complexity index is 685. The van der Waals surface area contributed by atoms with Crippen molar-refractivity contribution in [2.75, 3.05) is 30.3 Å². The van der Waals surface area contributed by atoms with Crippen LogP contribution in [-0.2, 0) is 24.3 Å². The highest BCUT2D eigenvalue weighted by atomic mass is 32.2. The zero-order valence-electron chi connectivity index (χ0n) is 14.8. The maximum atomic E-state index is 12.3. The Morgan fingerprint density at radius 2 is 1.80 bits per heavy atom. The number of nitrogens with one attached hydrogen (secondary N) is 1. The third-order valence-electron chi connectivity index (χ3n) is 3.10. The molecule has 1 amide bonds. The first-order chi connectivity index (χ1) is 11.7. The number of hydrogen-bond donors (Lipinski definition) is 1. The van der Waals surface area contributed by atoms with Gasteiger partial charge in [0.1, 0.15) is 5.75 Å². The van der Waals surface area contributed by atoms with E-state index in [1.165, 1.54) is 7.05 Å².